The molecule has 1 aromatic carbocycles. The molecule has 1 aliphatic carbocycles. The van der Waals surface area contributed by atoms with Gasteiger partial charge >= 0.3 is 6.03 Å². The molecule has 0 saturated heterocycles. The average molecular weight is 428 g/mol. The van der Waals surface area contributed by atoms with Gasteiger partial charge in [-0.05, 0) is 54.8 Å². The largest absolute Gasteiger partial charge is 0.327 e. The van der Waals surface area contributed by atoms with Crippen LogP contribution in [-0.4, -0.2) is 23.0 Å². The topological polar surface area (TPSA) is 107 Å². The molecule has 0 fully saturated rings. The lowest BCUT2D eigenvalue weighted by Gasteiger charge is -2.30. The van der Waals surface area contributed by atoms with Crippen LogP contribution in [0.4, 0.5) is 16.2 Å². The maximum Gasteiger partial charge on any atom is 0.319 e. The van der Waals surface area contributed by atoms with E-state index in [0.717, 1.165) is 28.9 Å². The standard InChI is InChI=1S/C24H24N6O2/c1-14-21(23(31)28-18-9-10-20-17(12-18)13-26-30-20)22(29-24(32)27-14)16-7-5-15(6-8-16)19-4-2-3-11-25-19/h2-5,7-12,15,22,26,30H,6,13H2,1H3,(H,28,31)(H2,27,29,32). The number of aromatic nitrogens is 1. The molecule has 2 aliphatic heterocycles. The number of amides is 3. The predicted molar refractivity (Wildman–Crippen MR) is 123 cm³/mol. The van der Waals surface area contributed by atoms with Gasteiger partial charge in [0.2, 0.25) is 0 Å². The van der Waals surface area contributed by atoms with Gasteiger partial charge in [0.15, 0.2) is 0 Å². The van der Waals surface area contributed by atoms with Crippen LogP contribution in [0.1, 0.15) is 30.5 Å². The summed E-state index contributed by atoms with van der Waals surface area (Å²) in [4.78, 5) is 29.9. The van der Waals surface area contributed by atoms with Gasteiger partial charge in [0.25, 0.3) is 5.91 Å². The van der Waals surface area contributed by atoms with E-state index in [1.54, 1.807) is 13.1 Å². The van der Waals surface area contributed by atoms with Crippen molar-refractivity contribution in [1.29, 1.82) is 0 Å². The molecule has 1 aromatic heterocycles. The Morgan fingerprint density at radius 2 is 2.12 bits per heavy atom. The number of nitrogens with zero attached hydrogens (tertiary/aromatic N) is 1. The Hall–Kier alpha value is -3.91. The molecule has 162 valence electrons. The number of pyridine rings is 1. The number of allylic oxidation sites excluding steroid dienone is 3. The van der Waals surface area contributed by atoms with Crippen molar-refractivity contribution < 1.29 is 9.59 Å². The summed E-state index contributed by atoms with van der Waals surface area (Å²) in [5.74, 6) is -0.0756. The number of nitrogens with one attached hydrogen (secondary N) is 5. The summed E-state index contributed by atoms with van der Waals surface area (Å²) in [6.07, 6.45) is 8.67. The smallest absolute Gasteiger partial charge is 0.319 e. The van der Waals surface area contributed by atoms with Gasteiger partial charge in [-0.1, -0.05) is 24.3 Å². The molecule has 0 radical (unpaired) electrons. The van der Waals surface area contributed by atoms with Crippen molar-refractivity contribution in [3.05, 3.63) is 88.9 Å². The van der Waals surface area contributed by atoms with Gasteiger partial charge in [0, 0.05) is 35.7 Å². The van der Waals surface area contributed by atoms with E-state index in [-0.39, 0.29) is 17.9 Å². The van der Waals surface area contributed by atoms with Crippen molar-refractivity contribution in [2.45, 2.75) is 31.8 Å². The summed E-state index contributed by atoms with van der Waals surface area (Å²) >= 11 is 0. The number of hydrogen-bond acceptors (Lipinski definition) is 5. The maximum atomic E-state index is 13.3. The number of rotatable bonds is 4. The van der Waals surface area contributed by atoms with E-state index < -0.39 is 6.04 Å². The SMILES string of the molecule is CC1=C(C(=O)Nc2ccc3c(c2)CNN3)C(C2=CCC(c3ccccn3)C=C2)NC(=O)N1. The highest BCUT2D eigenvalue weighted by Gasteiger charge is 2.32. The normalized spacial score (nSPS) is 21.8. The van der Waals surface area contributed by atoms with Gasteiger partial charge in [-0.15, -0.1) is 0 Å². The Balaban J connectivity index is 1.37. The van der Waals surface area contributed by atoms with Crippen LogP contribution in [0.25, 0.3) is 0 Å². The number of benzene rings is 1. The average Bonchev–Trinajstić information content (AvgIpc) is 3.27. The molecule has 2 atom stereocenters. The number of urea groups is 1. The highest BCUT2D eigenvalue weighted by atomic mass is 16.2. The molecular formula is C24H24N6O2. The van der Waals surface area contributed by atoms with E-state index in [1.165, 1.54) is 0 Å². The third kappa shape index (κ3) is 3.88. The Morgan fingerprint density at radius 1 is 1.22 bits per heavy atom. The fraction of sp³-hybridized carbons (Fsp3) is 0.208. The Morgan fingerprint density at radius 3 is 2.91 bits per heavy atom. The first-order valence-electron chi connectivity index (χ1n) is 10.6. The lowest BCUT2D eigenvalue weighted by Crippen LogP contribution is -2.51. The molecule has 2 aromatic rings. The van der Waals surface area contributed by atoms with Gasteiger partial charge in [0.05, 0.1) is 17.3 Å². The van der Waals surface area contributed by atoms with Crippen LogP contribution in [0.2, 0.25) is 0 Å². The van der Waals surface area contributed by atoms with Gasteiger partial charge < -0.3 is 21.4 Å². The lowest BCUT2D eigenvalue weighted by molar-refractivity contribution is -0.113. The number of carbonyl (C=O) groups excluding carboxylic acids is 2. The second-order valence-electron chi connectivity index (χ2n) is 8.03. The highest BCUT2D eigenvalue weighted by molar-refractivity contribution is 6.07. The third-order valence-electron chi connectivity index (χ3n) is 5.91. The molecule has 3 heterocycles. The number of hydrazine groups is 1. The van der Waals surface area contributed by atoms with Crippen LogP contribution < -0.4 is 26.8 Å². The molecule has 3 amide bonds. The number of hydrogen-bond donors (Lipinski definition) is 5. The molecular weight excluding hydrogens is 404 g/mol. The second kappa shape index (κ2) is 8.32. The van der Waals surface area contributed by atoms with Crippen molar-refractivity contribution >= 4 is 23.3 Å². The van der Waals surface area contributed by atoms with E-state index in [0.29, 0.717) is 23.5 Å². The monoisotopic (exact) mass is 428 g/mol. The summed E-state index contributed by atoms with van der Waals surface area (Å²) in [6.45, 7) is 2.44. The first kappa shape index (κ1) is 20.0. The highest BCUT2D eigenvalue weighted by Crippen LogP contribution is 2.30. The van der Waals surface area contributed by atoms with Crippen LogP contribution in [0.15, 0.2) is 77.7 Å². The van der Waals surface area contributed by atoms with Crippen molar-refractivity contribution in [3.8, 4) is 0 Å². The van der Waals surface area contributed by atoms with Crippen LogP contribution in [0, 0.1) is 0 Å². The molecule has 0 saturated carbocycles. The minimum Gasteiger partial charge on any atom is -0.327 e. The molecule has 2 unspecified atom stereocenters. The quantitative estimate of drug-likeness (QED) is 0.515. The third-order valence-corrected chi connectivity index (χ3v) is 5.91. The first-order chi connectivity index (χ1) is 15.6. The van der Waals surface area contributed by atoms with E-state index in [4.69, 9.17) is 0 Å². The van der Waals surface area contributed by atoms with Gasteiger partial charge in [-0.2, -0.15) is 0 Å². The minimum atomic E-state index is -0.526. The van der Waals surface area contributed by atoms with E-state index >= 15 is 0 Å². The Bertz CT molecular complexity index is 1170. The molecule has 5 rings (SSSR count). The van der Waals surface area contributed by atoms with Gasteiger partial charge in [-0.25, -0.2) is 10.2 Å². The Kier molecular flexibility index (Phi) is 5.20. The number of anilines is 2. The molecule has 32 heavy (non-hydrogen) atoms. The van der Waals surface area contributed by atoms with Gasteiger partial charge in [0.1, 0.15) is 0 Å². The first-order valence-corrected chi connectivity index (χ1v) is 10.6. The zero-order chi connectivity index (χ0) is 22.1. The molecule has 5 N–H and O–H groups in total. The molecule has 8 heteroatoms. The van der Waals surface area contributed by atoms with Crippen LogP contribution in [-0.2, 0) is 11.3 Å². The van der Waals surface area contributed by atoms with Crippen LogP contribution in [0.3, 0.4) is 0 Å². The zero-order valence-corrected chi connectivity index (χ0v) is 17.6. The number of carbonyl (C=O) groups is 2. The van der Waals surface area contributed by atoms with E-state index in [9.17, 15) is 9.59 Å². The van der Waals surface area contributed by atoms with Crippen molar-refractivity contribution in [2.75, 3.05) is 10.7 Å². The maximum absolute atomic E-state index is 13.3. The summed E-state index contributed by atoms with van der Waals surface area (Å²) in [5, 5.41) is 8.62. The van der Waals surface area contributed by atoms with Crippen LogP contribution in [0.5, 0.6) is 0 Å². The van der Waals surface area contributed by atoms with Crippen molar-refractivity contribution in [3.63, 3.8) is 0 Å². The van der Waals surface area contributed by atoms with Gasteiger partial charge in [-0.3, -0.25) is 9.78 Å². The lowest BCUT2D eigenvalue weighted by atomic mass is 9.87. The fourth-order valence-electron chi connectivity index (χ4n) is 4.28. The molecule has 0 bridgehead atoms. The van der Waals surface area contributed by atoms with Crippen LogP contribution >= 0.6 is 0 Å². The van der Waals surface area contributed by atoms with Crippen molar-refractivity contribution in [2.24, 2.45) is 0 Å². The summed E-state index contributed by atoms with van der Waals surface area (Å²) in [6, 6.07) is 10.8. The molecule has 0 spiro atoms. The molecule has 8 nitrogen and oxygen atoms in total. The fourth-order valence-corrected chi connectivity index (χ4v) is 4.28. The Labute approximate surface area is 185 Å². The van der Waals surface area contributed by atoms with E-state index in [1.807, 2.05) is 42.5 Å². The predicted octanol–water partition coefficient (Wildman–Crippen LogP) is 3.08. The number of fused-ring (bicyclic) bond motifs is 1. The summed E-state index contributed by atoms with van der Waals surface area (Å²) in [5.41, 5.74) is 11.8. The zero-order valence-electron chi connectivity index (χ0n) is 17.6. The van der Waals surface area contributed by atoms with Crippen molar-refractivity contribution in [1.82, 2.24) is 21.0 Å². The van der Waals surface area contributed by atoms with E-state index in [2.05, 4.69) is 43.9 Å². The minimum absolute atomic E-state index is 0.174. The summed E-state index contributed by atoms with van der Waals surface area (Å²) < 4.78 is 0. The second-order valence-corrected chi connectivity index (χ2v) is 8.03. The summed E-state index contributed by atoms with van der Waals surface area (Å²) in [7, 11) is 0. The molecule has 3 aliphatic rings.